The molecule has 4 heteroatoms. The highest BCUT2D eigenvalue weighted by Gasteiger charge is 2.38. The third kappa shape index (κ3) is 2.32. The van der Waals surface area contributed by atoms with Crippen LogP contribution in [0.5, 0.6) is 0 Å². The molecule has 3 rings (SSSR count). The summed E-state index contributed by atoms with van der Waals surface area (Å²) < 4.78 is 14.6. The number of anilines is 2. The summed E-state index contributed by atoms with van der Waals surface area (Å²) in [6.45, 7) is 0.985. The first kappa shape index (κ1) is 13.5. The summed E-state index contributed by atoms with van der Waals surface area (Å²) in [4.78, 5) is 2.35. The molecule has 0 radical (unpaired) electrons. The minimum Gasteiger partial charge on any atom is -0.383 e. The summed E-state index contributed by atoms with van der Waals surface area (Å²) in [5.74, 6) is -0.110. The Morgan fingerprint density at radius 2 is 1.95 bits per heavy atom. The van der Waals surface area contributed by atoms with Crippen molar-refractivity contribution >= 4 is 34.0 Å². The van der Waals surface area contributed by atoms with Crippen molar-refractivity contribution in [1.29, 1.82) is 0 Å². The lowest BCUT2D eigenvalue weighted by molar-refractivity contribution is 0.274. The normalized spacial score (nSPS) is 21.7. The molecule has 1 heterocycles. The topological polar surface area (TPSA) is 15.3 Å². The second-order valence-corrected chi connectivity index (χ2v) is 6.97. The maximum Gasteiger partial charge on any atom is 0.138 e. The van der Waals surface area contributed by atoms with Gasteiger partial charge < -0.3 is 10.2 Å². The summed E-state index contributed by atoms with van der Waals surface area (Å²) in [7, 11) is 2.14. The van der Waals surface area contributed by atoms with E-state index in [1.807, 2.05) is 6.07 Å². The van der Waals surface area contributed by atoms with E-state index in [1.165, 1.54) is 32.1 Å². The smallest absolute Gasteiger partial charge is 0.138 e. The standard InChI is InChI=1S/C15H20FIN2/c1-19-14-9-11(16)12(17)10-13(14)18-8-7-15(19)5-3-2-4-6-15/h9-10,18H,2-8H2,1H3. The van der Waals surface area contributed by atoms with Gasteiger partial charge in [-0.3, -0.25) is 0 Å². The third-order valence-electron chi connectivity index (χ3n) is 4.80. The van der Waals surface area contributed by atoms with E-state index in [0.717, 1.165) is 24.3 Å². The van der Waals surface area contributed by atoms with Crippen molar-refractivity contribution in [2.75, 3.05) is 23.8 Å². The van der Waals surface area contributed by atoms with Crippen LogP contribution in [0.3, 0.4) is 0 Å². The maximum absolute atomic E-state index is 13.9. The number of halogens is 2. The molecule has 19 heavy (non-hydrogen) atoms. The molecule has 1 N–H and O–H groups in total. The zero-order chi connectivity index (χ0) is 13.5. The molecule has 1 aromatic rings. The van der Waals surface area contributed by atoms with Gasteiger partial charge in [-0.15, -0.1) is 0 Å². The average molecular weight is 374 g/mol. The Balaban J connectivity index is 2.03. The molecule has 0 saturated heterocycles. The number of benzene rings is 1. The summed E-state index contributed by atoms with van der Waals surface area (Å²) >= 11 is 2.06. The van der Waals surface area contributed by atoms with Gasteiger partial charge in [0.2, 0.25) is 0 Å². The van der Waals surface area contributed by atoms with E-state index >= 15 is 0 Å². The van der Waals surface area contributed by atoms with Crippen molar-refractivity contribution in [2.24, 2.45) is 0 Å². The molecule has 2 aliphatic rings. The molecule has 0 amide bonds. The molecule has 1 aliphatic carbocycles. The number of fused-ring (bicyclic) bond motifs is 1. The first-order valence-electron chi connectivity index (χ1n) is 7.09. The number of rotatable bonds is 0. The van der Waals surface area contributed by atoms with Gasteiger partial charge >= 0.3 is 0 Å². The molecule has 0 unspecified atom stereocenters. The number of nitrogens with one attached hydrogen (secondary N) is 1. The van der Waals surface area contributed by atoms with Crippen LogP contribution in [-0.4, -0.2) is 19.1 Å². The average Bonchev–Trinajstić information content (AvgIpc) is 2.53. The van der Waals surface area contributed by atoms with Crippen LogP contribution >= 0.6 is 22.6 Å². The van der Waals surface area contributed by atoms with Crippen LogP contribution in [0.1, 0.15) is 38.5 Å². The molecule has 104 valence electrons. The van der Waals surface area contributed by atoms with Gasteiger partial charge in [-0.05, 0) is 47.9 Å². The van der Waals surface area contributed by atoms with Gasteiger partial charge in [-0.1, -0.05) is 19.3 Å². The number of hydrogen-bond donors (Lipinski definition) is 1. The highest BCUT2D eigenvalue weighted by molar-refractivity contribution is 14.1. The summed E-state index contributed by atoms with van der Waals surface area (Å²) in [6, 6.07) is 3.63. The molecule has 1 saturated carbocycles. The molecule has 1 spiro atoms. The van der Waals surface area contributed by atoms with Gasteiger partial charge in [-0.2, -0.15) is 0 Å². The second-order valence-electron chi connectivity index (χ2n) is 5.80. The third-order valence-corrected chi connectivity index (χ3v) is 5.63. The van der Waals surface area contributed by atoms with E-state index in [-0.39, 0.29) is 11.4 Å². The summed E-state index contributed by atoms with van der Waals surface area (Å²) in [6.07, 6.45) is 7.56. The molecule has 1 aromatic carbocycles. The number of hydrogen-bond acceptors (Lipinski definition) is 2. The predicted octanol–water partition coefficient (Wildman–Crippen LogP) is 4.39. The molecular formula is C15H20FIN2. The first-order valence-corrected chi connectivity index (χ1v) is 8.17. The van der Waals surface area contributed by atoms with E-state index in [1.54, 1.807) is 6.07 Å². The van der Waals surface area contributed by atoms with Gasteiger partial charge in [0, 0.05) is 25.2 Å². The van der Waals surface area contributed by atoms with Crippen molar-refractivity contribution in [2.45, 2.75) is 44.1 Å². The minimum absolute atomic E-state index is 0.110. The van der Waals surface area contributed by atoms with Crippen LogP contribution in [0.25, 0.3) is 0 Å². The van der Waals surface area contributed by atoms with Crippen LogP contribution in [0.4, 0.5) is 15.8 Å². The Morgan fingerprint density at radius 3 is 2.68 bits per heavy atom. The largest absolute Gasteiger partial charge is 0.383 e. The van der Waals surface area contributed by atoms with Gasteiger partial charge in [-0.25, -0.2) is 4.39 Å². The van der Waals surface area contributed by atoms with E-state index in [4.69, 9.17) is 0 Å². The van der Waals surface area contributed by atoms with Crippen molar-refractivity contribution in [3.63, 3.8) is 0 Å². The Hall–Kier alpha value is -0.520. The fraction of sp³-hybridized carbons (Fsp3) is 0.600. The van der Waals surface area contributed by atoms with Crippen LogP contribution < -0.4 is 10.2 Å². The molecule has 0 aromatic heterocycles. The quantitative estimate of drug-likeness (QED) is 0.678. The molecule has 0 bridgehead atoms. The molecular weight excluding hydrogens is 354 g/mol. The van der Waals surface area contributed by atoms with Crippen molar-refractivity contribution in [3.8, 4) is 0 Å². The molecule has 1 fully saturated rings. The fourth-order valence-electron chi connectivity index (χ4n) is 3.60. The highest BCUT2D eigenvalue weighted by Crippen LogP contribution is 2.43. The predicted molar refractivity (Wildman–Crippen MR) is 86.4 cm³/mol. The van der Waals surface area contributed by atoms with E-state index in [9.17, 15) is 4.39 Å². The molecule has 0 atom stereocenters. The van der Waals surface area contributed by atoms with Crippen LogP contribution in [0, 0.1) is 9.39 Å². The van der Waals surface area contributed by atoms with Gasteiger partial charge in [0.05, 0.1) is 14.9 Å². The van der Waals surface area contributed by atoms with Crippen LogP contribution in [0.15, 0.2) is 12.1 Å². The SMILES string of the molecule is CN1c2cc(F)c(I)cc2NCCC12CCCCC2. The minimum atomic E-state index is -0.110. The highest BCUT2D eigenvalue weighted by atomic mass is 127. The van der Waals surface area contributed by atoms with E-state index < -0.39 is 0 Å². The van der Waals surface area contributed by atoms with Crippen molar-refractivity contribution < 1.29 is 4.39 Å². The van der Waals surface area contributed by atoms with Crippen molar-refractivity contribution in [3.05, 3.63) is 21.5 Å². The fourth-order valence-corrected chi connectivity index (χ4v) is 4.07. The zero-order valence-corrected chi connectivity index (χ0v) is 13.5. The second kappa shape index (κ2) is 5.11. The van der Waals surface area contributed by atoms with Crippen LogP contribution in [-0.2, 0) is 0 Å². The first-order chi connectivity index (χ1) is 9.12. The van der Waals surface area contributed by atoms with Gasteiger partial charge in [0.15, 0.2) is 0 Å². The lowest BCUT2D eigenvalue weighted by atomic mass is 9.78. The summed E-state index contributed by atoms with van der Waals surface area (Å²) in [5, 5.41) is 3.48. The van der Waals surface area contributed by atoms with E-state index in [2.05, 4.69) is 39.9 Å². The van der Waals surface area contributed by atoms with Crippen molar-refractivity contribution in [1.82, 2.24) is 0 Å². The maximum atomic E-state index is 13.9. The summed E-state index contributed by atoms with van der Waals surface area (Å²) in [5.41, 5.74) is 2.34. The number of nitrogens with zero attached hydrogens (tertiary/aromatic N) is 1. The molecule has 1 aliphatic heterocycles. The monoisotopic (exact) mass is 374 g/mol. The lowest BCUT2D eigenvalue weighted by Crippen LogP contribution is -2.48. The Bertz CT molecular complexity index is 483. The Morgan fingerprint density at radius 1 is 1.21 bits per heavy atom. The van der Waals surface area contributed by atoms with Gasteiger partial charge in [0.1, 0.15) is 5.82 Å². The van der Waals surface area contributed by atoms with E-state index in [0.29, 0.717) is 3.57 Å². The Kier molecular flexibility index (Phi) is 3.62. The lowest BCUT2D eigenvalue weighted by Gasteiger charge is -2.45. The molecule has 2 nitrogen and oxygen atoms in total. The Labute approximate surface area is 127 Å². The zero-order valence-electron chi connectivity index (χ0n) is 11.3. The van der Waals surface area contributed by atoms with Gasteiger partial charge in [0.25, 0.3) is 0 Å². The van der Waals surface area contributed by atoms with Crippen LogP contribution in [0.2, 0.25) is 0 Å².